The van der Waals surface area contributed by atoms with E-state index in [2.05, 4.69) is 10.4 Å². The van der Waals surface area contributed by atoms with E-state index in [0.29, 0.717) is 24.7 Å². The van der Waals surface area contributed by atoms with Crippen LogP contribution in [0.1, 0.15) is 25.7 Å². The molecule has 148 valence electrons. The van der Waals surface area contributed by atoms with Crippen LogP contribution in [0.5, 0.6) is 0 Å². The van der Waals surface area contributed by atoms with E-state index in [1.165, 1.54) is 10.7 Å². The average Bonchev–Trinajstić information content (AvgIpc) is 3.17. The lowest BCUT2D eigenvalue weighted by atomic mass is 9.84. The standard InChI is InChI=1S/C20H23FN4O3/c21-16-3-1-2-4-17(16)25-10-9-18(23-25)22-20(27)14-5-7-15(8-6-14)24-11-12-28-13-19(24)26/h1-4,9-10,14-15H,5-8,11-13H2,(H,22,23,27)/t14-,15-. The van der Waals surface area contributed by atoms with Gasteiger partial charge in [-0.15, -0.1) is 5.10 Å². The largest absolute Gasteiger partial charge is 0.370 e. The summed E-state index contributed by atoms with van der Waals surface area (Å²) in [5.74, 6) is -0.118. The molecule has 28 heavy (non-hydrogen) atoms. The van der Waals surface area contributed by atoms with Crippen LogP contribution in [-0.2, 0) is 14.3 Å². The Morgan fingerprint density at radius 1 is 1.18 bits per heavy atom. The molecular weight excluding hydrogens is 363 g/mol. The first-order chi connectivity index (χ1) is 13.6. The number of amides is 2. The summed E-state index contributed by atoms with van der Waals surface area (Å²) in [6, 6.07) is 8.19. The second kappa shape index (κ2) is 8.10. The molecule has 0 atom stereocenters. The van der Waals surface area contributed by atoms with Crippen molar-refractivity contribution in [2.45, 2.75) is 31.7 Å². The molecule has 1 saturated carbocycles. The Morgan fingerprint density at radius 3 is 2.71 bits per heavy atom. The Labute approximate surface area is 162 Å². The smallest absolute Gasteiger partial charge is 0.248 e. The van der Waals surface area contributed by atoms with Gasteiger partial charge in [-0.05, 0) is 37.8 Å². The Balaban J connectivity index is 1.33. The minimum absolute atomic E-state index is 0.0397. The predicted molar refractivity (Wildman–Crippen MR) is 100 cm³/mol. The lowest BCUT2D eigenvalue weighted by Gasteiger charge is -2.38. The van der Waals surface area contributed by atoms with Crippen molar-refractivity contribution in [1.29, 1.82) is 0 Å². The average molecular weight is 386 g/mol. The molecule has 1 aromatic heterocycles. The molecule has 0 radical (unpaired) electrons. The Morgan fingerprint density at radius 2 is 1.96 bits per heavy atom. The van der Waals surface area contributed by atoms with Crippen molar-refractivity contribution in [3.05, 3.63) is 42.3 Å². The molecule has 4 rings (SSSR count). The van der Waals surface area contributed by atoms with E-state index in [0.717, 1.165) is 25.7 Å². The third-order valence-corrected chi connectivity index (χ3v) is 5.47. The van der Waals surface area contributed by atoms with Crippen LogP contribution >= 0.6 is 0 Å². The predicted octanol–water partition coefficient (Wildman–Crippen LogP) is 2.37. The van der Waals surface area contributed by atoms with Gasteiger partial charge in [0.15, 0.2) is 5.82 Å². The van der Waals surface area contributed by atoms with Crippen LogP contribution in [0.3, 0.4) is 0 Å². The van der Waals surface area contributed by atoms with Crippen molar-refractivity contribution in [2.24, 2.45) is 5.92 Å². The maximum atomic E-state index is 13.9. The number of hydrogen-bond donors (Lipinski definition) is 1. The number of carbonyl (C=O) groups is 2. The molecule has 1 N–H and O–H groups in total. The fourth-order valence-corrected chi connectivity index (χ4v) is 3.96. The number of aromatic nitrogens is 2. The maximum absolute atomic E-state index is 13.9. The summed E-state index contributed by atoms with van der Waals surface area (Å²) in [6.45, 7) is 1.37. The van der Waals surface area contributed by atoms with Gasteiger partial charge in [-0.3, -0.25) is 9.59 Å². The molecule has 7 nitrogen and oxygen atoms in total. The van der Waals surface area contributed by atoms with Crippen LogP contribution < -0.4 is 5.32 Å². The van der Waals surface area contributed by atoms with Gasteiger partial charge in [0.05, 0.1) is 6.61 Å². The van der Waals surface area contributed by atoms with E-state index in [-0.39, 0.29) is 36.2 Å². The van der Waals surface area contributed by atoms with Crippen molar-refractivity contribution in [1.82, 2.24) is 14.7 Å². The fraction of sp³-hybridized carbons (Fsp3) is 0.450. The summed E-state index contributed by atoms with van der Waals surface area (Å²) in [5, 5.41) is 7.08. The molecule has 2 aliphatic rings. The zero-order valence-electron chi connectivity index (χ0n) is 15.5. The molecule has 2 fully saturated rings. The minimum Gasteiger partial charge on any atom is -0.370 e. The lowest BCUT2D eigenvalue weighted by molar-refractivity contribution is -0.146. The fourth-order valence-electron chi connectivity index (χ4n) is 3.96. The van der Waals surface area contributed by atoms with Crippen molar-refractivity contribution in [2.75, 3.05) is 25.1 Å². The van der Waals surface area contributed by atoms with Gasteiger partial charge in [-0.2, -0.15) is 0 Å². The highest BCUT2D eigenvalue weighted by molar-refractivity contribution is 5.91. The number of carbonyl (C=O) groups excluding carboxylic acids is 2. The molecule has 0 unspecified atom stereocenters. The Kier molecular flexibility index (Phi) is 5.38. The summed E-state index contributed by atoms with van der Waals surface area (Å²) in [5.41, 5.74) is 0.332. The molecule has 2 heterocycles. The monoisotopic (exact) mass is 386 g/mol. The van der Waals surface area contributed by atoms with Crippen molar-refractivity contribution < 1.29 is 18.7 Å². The number of nitrogens with zero attached hydrogens (tertiary/aromatic N) is 3. The van der Waals surface area contributed by atoms with E-state index >= 15 is 0 Å². The number of ether oxygens (including phenoxy) is 1. The molecule has 1 aromatic carbocycles. The number of morpholine rings is 1. The number of para-hydroxylation sites is 1. The third kappa shape index (κ3) is 3.91. The highest BCUT2D eigenvalue weighted by Crippen LogP contribution is 2.29. The number of anilines is 1. The number of benzene rings is 1. The molecule has 2 aromatic rings. The van der Waals surface area contributed by atoms with Crippen molar-refractivity contribution in [3.8, 4) is 5.69 Å². The van der Waals surface area contributed by atoms with Gasteiger partial charge in [-0.25, -0.2) is 9.07 Å². The van der Waals surface area contributed by atoms with E-state index in [1.807, 2.05) is 4.90 Å². The molecule has 2 amide bonds. The zero-order chi connectivity index (χ0) is 19.5. The maximum Gasteiger partial charge on any atom is 0.248 e. The third-order valence-electron chi connectivity index (χ3n) is 5.47. The van der Waals surface area contributed by atoms with Crippen molar-refractivity contribution in [3.63, 3.8) is 0 Å². The van der Waals surface area contributed by atoms with E-state index in [9.17, 15) is 14.0 Å². The van der Waals surface area contributed by atoms with Crippen LogP contribution in [0.2, 0.25) is 0 Å². The lowest BCUT2D eigenvalue weighted by Crippen LogP contribution is -2.49. The van der Waals surface area contributed by atoms with E-state index in [4.69, 9.17) is 4.74 Å². The van der Waals surface area contributed by atoms with Crippen LogP contribution in [0, 0.1) is 11.7 Å². The quantitative estimate of drug-likeness (QED) is 0.875. The zero-order valence-corrected chi connectivity index (χ0v) is 15.5. The van der Waals surface area contributed by atoms with Gasteiger partial charge in [0.2, 0.25) is 11.8 Å². The second-order valence-corrected chi connectivity index (χ2v) is 7.23. The van der Waals surface area contributed by atoms with Crippen LogP contribution in [0.15, 0.2) is 36.5 Å². The first kappa shape index (κ1) is 18.6. The van der Waals surface area contributed by atoms with Crippen LogP contribution in [0.25, 0.3) is 5.69 Å². The summed E-state index contributed by atoms with van der Waals surface area (Å²) in [4.78, 5) is 26.5. The van der Waals surface area contributed by atoms with Gasteiger partial charge in [0, 0.05) is 30.8 Å². The SMILES string of the molecule is O=C1COCCN1[C@H]1CC[C@H](C(=O)Nc2ccn(-c3ccccc3F)n2)CC1. The van der Waals surface area contributed by atoms with Crippen molar-refractivity contribution >= 4 is 17.6 Å². The number of nitrogens with one attached hydrogen (secondary N) is 1. The van der Waals surface area contributed by atoms with Gasteiger partial charge in [0.1, 0.15) is 18.1 Å². The van der Waals surface area contributed by atoms with Crippen LogP contribution in [-0.4, -0.2) is 52.3 Å². The first-order valence-corrected chi connectivity index (χ1v) is 9.60. The van der Waals surface area contributed by atoms with Crippen LogP contribution in [0.4, 0.5) is 10.2 Å². The number of rotatable bonds is 4. The minimum atomic E-state index is -0.376. The van der Waals surface area contributed by atoms with E-state index in [1.54, 1.807) is 30.5 Å². The highest BCUT2D eigenvalue weighted by Gasteiger charge is 2.32. The molecule has 0 bridgehead atoms. The Hall–Kier alpha value is -2.74. The summed E-state index contributed by atoms with van der Waals surface area (Å²) >= 11 is 0. The number of hydrogen-bond acceptors (Lipinski definition) is 4. The topological polar surface area (TPSA) is 76.5 Å². The number of halogens is 1. The highest BCUT2D eigenvalue weighted by atomic mass is 19.1. The van der Waals surface area contributed by atoms with Gasteiger partial charge in [-0.1, -0.05) is 12.1 Å². The second-order valence-electron chi connectivity index (χ2n) is 7.23. The summed E-state index contributed by atoms with van der Waals surface area (Å²) in [6.07, 6.45) is 4.71. The normalized spacial score (nSPS) is 22.9. The molecule has 1 aliphatic carbocycles. The molecule has 1 aliphatic heterocycles. The Bertz CT molecular complexity index is 861. The molecule has 1 saturated heterocycles. The van der Waals surface area contributed by atoms with Gasteiger partial charge in [0.25, 0.3) is 0 Å². The first-order valence-electron chi connectivity index (χ1n) is 9.60. The summed E-state index contributed by atoms with van der Waals surface area (Å²) in [7, 11) is 0. The van der Waals surface area contributed by atoms with E-state index < -0.39 is 0 Å². The molecular formula is C20H23FN4O3. The molecule has 0 spiro atoms. The molecule has 8 heteroatoms. The van der Waals surface area contributed by atoms with Gasteiger partial charge >= 0.3 is 0 Å². The van der Waals surface area contributed by atoms with Gasteiger partial charge < -0.3 is 15.0 Å². The summed E-state index contributed by atoms with van der Waals surface area (Å²) < 4.78 is 20.5.